The van der Waals surface area contributed by atoms with Crippen molar-refractivity contribution in [2.45, 2.75) is 6.61 Å². The van der Waals surface area contributed by atoms with E-state index in [1.165, 1.54) is 0 Å². The minimum absolute atomic E-state index is 0.165. The molecule has 0 saturated carbocycles. The van der Waals surface area contributed by atoms with Crippen molar-refractivity contribution in [3.63, 3.8) is 0 Å². The number of hydrogen-bond donors (Lipinski definition) is 0. The van der Waals surface area contributed by atoms with Crippen molar-refractivity contribution in [1.29, 1.82) is 0 Å². The first-order valence-corrected chi connectivity index (χ1v) is 6.66. The molecule has 2 rings (SSSR count). The van der Waals surface area contributed by atoms with Crippen molar-refractivity contribution in [3.8, 4) is 0 Å². The van der Waals surface area contributed by atoms with Gasteiger partial charge in [-0.05, 0) is 29.8 Å². The summed E-state index contributed by atoms with van der Waals surface area (Å²) in [5.41, 5.74) is 0.739. The summed E-state index contributed by atoms with van der Waals surface area (Å²) in [7, 11) is 0. The van der Waals surface area contributed by atoms with Gasteiger partial charge in [0.2, 0.25) is 0 Å². The lowest BCUT2D eigenvalue weighted by Crippen LogP contribution is -2.11. The van der Waals surface area contributed by atoms with Crippen LogP contribution in [-0.4, -0.2) is 12.4 Å². The average molecular weight is 341 g/mol. The maximum Gasteiger partial charge on any atom is 0.191 e. The van der Waals surface area contributed by atoms with Gasteiger partial charge in [-0.15, -0.1) is 0 Å². The van der Waals surface area contributed by atoms with Crippen LogP contribution >= 0.6 is 15.9 Å². The number of Topliss-reactive ketones (excluding diaryl/α,β-unsaturated/α-hetero) is 1. The topological polar surface area (TPSA) is 26.3 Å². The third kappa shape index (κ3) is 3.95. The van der Waals surface area contributed by atoms with E-state index >= 15 is 0 Å². The van der Waals surface area contributed by atoms with Gasteiger partial charge in [0.1, 0.15) is 18.2 Å². The second kappa shape index (κ2) is 6.72. The molecule has 104 valence electrons. The zero-order chi connectivity index (χ0) is 14.5. The van der Waals surface area contributed by atoms with E-state index in [0.717, 1.165) is 22.2 Å². The molecule has 0 N–H and O–H groups in total. The predicted molar refractivity (Wildman–Crippen MR) is 74.5 cm³/mol. The maximum absolute atomic E-state index is 13.4. The molecule has 0 aromatic heterocycles. The van der Waals surface area contributed by atoms with Gasteiger partial charge in [0.05, 0.1) is 12.2 Å². The van der Waals surface area contributed by atoms with Crippen LogP contribution in [0.25, 0.3) is 0 Å². The van der Waals surface area contributed by atoms with Crippen LogP contribution in [-0.2, 0) is 11.3 Å². The van der Waals surface area contributed by atoms with Crippen molar-refractivity contribution < 1.29 is 18.3 Å². The molecule has 0 spiro atoms. The first kappa shape index (κ1) is 14.8. The highest BCUT2D eigenvalue weighted by molar-refractivity contribution is 9.10. The van der Waals surface area contributed by atoms with Crippen LogP contribution in [0.4, 0.5) is 8.78 Å². The van der Waals surface area contributed by atoms with Crippen molar-refractivity contribution in [2.75, 3.05) is 6.61 Å². The van der Waals surface area contributed by atoms with Gasteiger partial charge in [-0.1, -0.05) is 28.1 Å². The number of benzene rings is 2. The minimum Gasteiger partial charge on any atom is -0.369 e. The van der Waals surface area contributed by atoms with Gasteiger partial charge in [0.15, 0.2) is 5.78 Å². The second-order valence-electron chi connectivity index (χ2n) is 4.17. The van der Waals surface area contributed by atoms with E-state index < -0.39 is 17.4 Å². The molecule has 20 heavy (non-hydrogen) atoms. The summed E-state index contributed by atoms with van der Waals surface area (Å²) in [5.74, 6) is -2.10. The molecule has 0 bridgehead atoms. The fourth-order valence-corrected chi connectivity index (χ4v) is 1.90. The Morgan fingerprint density at radius 1 is 1.10 bits per heavy atom. The van der Waals surface area contributed by atoms with Gasteiger partial charge in [-0.2, -0.15) is 0 Å². The molecule has 2 aromatic rings. The highest BCUT2D eigenvalue weighted by Crippen LogP contribution is 2.13. The highest BCUT2D eigenvalue weighted by Gasteiger charge is 2.12. The van der Waals surface area contributed by atoms with Crippen molar-refractivity contribution >= 4 is 21.7 Å². The normalized spacial score (nSPS) is 10.6. The molecular weight excluding hydrogens is 330 g/mol. The number of rotatable bonds is 5. The lowest BCUT2D eigenvalue weighted by molar-refractivity contribution is 0.0722. The first-order chi connectivity index (χ1) is 9.56. The van der Waals surface area contributed by atoms with E-state index in [9.17, 15) is 13.6 Å². The van der Waals surface area contributed by atoms with E-state index in [1.807, 2.05) is 24.3 Å². The predicted octanol–water partition coefficient (Wildman–Crippen LogP) is 4.13. The number of carbonyl (C=O) groups is 1. The highest BCUT2D eigenvalue weighted by atomic mass is 79.9. The molecule has 0 atom stereocenters. The van der Waals surface area contributed by atoms with Gasteiger partial charge >= 0.3 is 0 Å². The maximum atomic E-state index is 13.4. The monoisotopic (exact) mass is 340 g/mol. The molecule has 0 amide bonds. The smallest absolute Gasteiger partial charge is 0.191 e. The second-order valence-corrected chi connectivity index (χ2v) is 5.08. The third-order valence-electron chi connectivity index (χ3n) is 2.65. The van der Waals surface area contributed by atoms with Crippen molar-refractivity contribution in [3.05, 3.63) is 69.7 Å². The molecule has 0 unspecified atom stereocenters. The Morgan fingerprint density at radius 2 is 1.80 bits per heavy atom. The molecule has 2 aromatic carbocycles. The quantitative estimate of drug-likeness (QED) is 0.765. The molecular formula is C15H11BrF2O2. The molecule has 0 aliphatic carbocycles. The zero-order valence-corrected chi connectivity index (χ0v) is 12.0. The first-order valence-electron chi connectivity index (χ1n) is 5.86. The number of hydrogen-bond acceptors (Lipinski definition) is 2. The SMILES string of the molecule is O=C(COCc1ccc(Br)cc1)c1ccc(F)cc1F. The fraction of sp³-hybridized carbons (Fsp3) is 0.133. The van der Waals surface area contributed by atoms with E-state index in [4.69, 9.17) is 4.74 Å². The van der Waals surface area contributed by atoms with Crippen LogP contribution in [0.1, 0.15) is 15.9 Å². The Bertz CT molecular complexity index is 612. The largest absolute Gasteiger partial charge is 0.369 e. The van der Waals surface area contributed by atoms with Gasteiger partial charge < -0.3 is 4.74 Å². The molecule has 0 aliphatic heterocycles. The summed E-state index contributed by atoms with van der Waals surface area (Å²) in [6.07, 6.45) is 0. The summed E-state index contributed by atoms with van der Waals surface area (Å²) in [6, 6.07) is 10.3. The van der Waals surface area contributed by atoms with Crippen LogP contribution in [0.3, 0.4) is 0 Å². The van der Waals surface area contributed by atoms with Crippen LogP contribution < -0.4 is 0 Å². The van der Waals surface area contributed by atoms with Crippen molar-refractivity contribution in [2.24, 2.45) is 0 Å². The summed E-state index contributed by atoms with van der Waals surface area (Å²) in [5, 5.41) is 0. The van der Waals surface area contributed by atoms with Crippen LogP contribution in [0, 0.1) is 11.6 Å². The van der Waals surface area contributed by atoms with Gasteiger partial charge in [0, 0.05) is 10.5 Å². The minimum atomic E-state index is -0.873. The molecule has 0 heterocycles. The summed E-state index contributed by atoms with van der Waals surface area (Å²) in [4.78, 5) is 11.7. The van der Waals surface area contributed by atoms with Crippen LogP contribution in [0.15, 0.2) is 46.9 Å². The lowest BCUT2D eigenvalue weighted by Gasteiger charge is -2.05. The fourth-order valence-electron chi connectivity index (χ4n) is 1.64. The van der Waals surface area contributed by atoms with Gasteiger partial charge in [-0.25, -0.2) is 8.78 Å². The van der Waals surface area contributed by atoms with E-state index in [1.54, 1.807) is 0 Å². The van der Waals surface area contributed by atoms with Crippen LogP contribution in [0.2, 0.25) is 0 Å². The number of halogens is 3. The van der Waals surface area contributed by atoms with Gasteiger partial charge in [0.25, 0.3) is 0 Å². The van der Waals surface area contributed by atoms with E-state index in [2.05, 4.69) is 15.9 Å². The Morgan fingerprint density at radius 3 is 2.45 bits per heavy atom. The molecule has 2 nitrogen and oxygen atoms in total. The van der Waals surface area contributed by atoms with Crippen LogP contribution in [0.5, 0.6) is 0 Å². The number of ether oxygens (including phenoxy) is 1. The number of ketones is 1. The molecule has 5 heteroatoms. The Balaban J connectivity index is 1.90. The molecule has 0 fully saturated rings. The van der Waals surface area contributed by atoms with E-state index in [0.29, 0.717) is 6.07 Å². The summed E-state index contributed by atoms with van der Waals surface area (Å²) >= 11 is 3.31. The zero-order valence-electron chi connectivity index (χ0n) is 10.4. The Hall–Kier alpha value is -1.59. The average Bonchev–Trinajstić information content (AvgIpc) is 2.41. The van der Waals surface area contributed by atoms with Gasteiger partial charge in [-0.3, -0.25) is 4.79 Å². The molecule has 0 aliphatic rings. The van der Waals surface area contributed by atoms with Crippen molar-refractivity contribution in [1.82, 2.24) is 0 Å². The summed E-state index contributed by atoms with van der Waals surface area (Å²) in [6.45, 7) is 0.000446. The Labute approximate surface area is 123 Å². The lowest BCUT2D eigenvalue weighted by atomic mass is 10.1. The van der Waals surface area contributed by atoms with E-state index in [-0.39, 0.29) is 18.8 Å². The Kier molecular flexibility index (Phi) is 4.98. The molecule has 0 radical (unpaired) electrons. The standard InChI is InChI=1S/C15H11BrF2O2/c16-11-3-1-10(2-4-11)8-20-9-15(19)13-6-5-12(17)7-14(13)18/h1-7H,8-9H2. The summed E-state index contributed by atoms with van der Waals surface area (Å²) < 4.78 is 32.3. The third-order valence-corrected chi connectivity index (χ3v) is 3.18. The molecule has 0 saturated heterocycles. The number of carbonyl (C=O) groups excluding carboxylic acids is 1.